The summed E-state index contributed by atoms with van der Waals surface area (Å²) in [5, 5.41) is 4.13. The van der Waals surface area contributed by atoms with Crippen LogP contribution in [0.15, 0.2) is 67.0 Å². The van der Waals surface area contributed by atoms with Crippen LogP contribution in [0.5, 0.6) is 5.75 Å². The fourth-order valence-electron chi connectivity index (χ4n) is 4.65. The summed E-state index contributed by atoms with van der Waals surface area (Å²) in [4.78, 5) is 24.3. The van der Waals surface area contributed by atoms with Crippen LogP contribution < -0.4 is 4.74 Å². The molecule has 162 valence electrons. The van der Waals surface area contributed by atoms with Gasteiger partial charge in [-0.15, -0.1) is 0 Å². The third kappa shape index (κ3) is 2.66. The summed E-state index contributed by atoms with van der Waals surface area (Å²) < 4.78 is 5.66. The molecule has 0 spiro atoms. The standard InChI is InChI=1S/C27H16ClN5O/c1-2-34-14-7-9-19-18(13-14)21(28)15-8-10-20-27(24(15)31-19)33-26-17-6-4-12-30-23(17)22-16(25(26)32-20)5-3-11-29-22/h3-13H,2H2,1H3. The maximum atomic E-state index is 6.88. The Morgan fingerprint density at radius 3 is 2.03 bits per heavy atom. The molecule has 0 bridgehead atoms. The monoisotopic (exact) mass is 461 g/mol. The molecular formula is C27H16ClN5O. The van der Waals surface area contributed by atoms with Crippen molar-refractivity contribution >= 4 is 77.3 Å². The quantitative estimate of drug-likeness (QED) is 0.212. The third-order valence-electron chi connectivity index (χ3n) is 6.14. The van der Waals surface area contributed by atoms with Crippen molar-refractivity contribution in [3.8, 4) is 5.75 Å². The van der Waals surface area contributed by atoms with Crippen molar-refractivity contribution in [3.63, 3.8) is 0 Å². The van der Waals surface area contributed by atoms with E-state index in [4.69, 9.17) is 31.3 Å². The summed E-state index contributed by atoms with van der Waals surface area (Å²) in [5.41, 5.74) is 6.15. The molecule has 0 amide bonds. The maximum Gasteiger partial charge on any atom is 0.120 e. The van der Waals surface area contributed by atoms with Crippen LogP contribution in [0.25, 0.3) is 65.7 Å². The zero-order chi connectivity index (χ0) is 22.8. The highest BCUT2D eigenvalue weighted by Crippen LogP contribution is 2.37. The van der Waals surface area contributed by atoms with E-state index in [0.717, 1.165) is 65.9 Å². The Kier molecular flexibility index (Phi) is 4.07. The number of pyridine rings is 3. The maximum absolute atomic E-state index is 6.88. The van der Waals surface area contributed by atoms with Crippen molar-refractivity contribution in [2.75, 3.05) is 6.61 Å². The molecular weight excluding hydrogens is 446 g/mol. The second-order valence-corrected chi connectivity index (χ2v) is 8.47. The zero-order valence-corrected chi connectivity index (χ0v) is 18.8. The molecule has 0 aliphatic carbocycles. The molecule has 7 heteroatoms. The van der Waals surface area contributed by atoms with Crippen LogP contribution in [-0.4, -0.2) is 31.5 Å². The smallest absolute Gasteiger partial charge is 0.120 e. The zero-order valence-electron chi connectivity index (χ0n) is 18.1. The fraction of sp³-hybridized carbons (Fsp3) is 0.0741. The van der Waals surface area contributed by atoms with E-state index < -0.39 is 0 Å². The van der Waals surface area contributed by atoms with E-state index in [2.05, 4.69) is 9.97 Å². The summed E-state index contributed by atoms with van der Waals surface area (Å²) in [6.07, 6.45) is 3.55. The highest BCUT2D eigenvalue weighted by Gasteiger charge is 2.17. The Labute approximate surface area is 198 Å². The van der Waals surface area contributed by atoms with Gasteiger partial charge in [-0.05, 0) is 61.5 Å². The predicted octanol–water partition coefficient (Wildman–Crippen LogP) is 6.63. The van der Waals surface area contributed by atoms with Gasteiger partial charge >= 0.3 is 0 Å². The van der Waals surface area contributed by atoms with E-state index in [1.54, 1.807) is 12.4 Å². The van der Waals surface area contributed by atoms with E-state index in [9.17, 15) is 0 Å². The van der Waals surface area contributed by atoms with Gasteiger partial charge in [-0.3, -0.25) is 9.97 Å². The van der Waals surface area contributed by atoms with Gasteiger partial charge in [0, 0.05) is 33.9 Å². The highest BCUT2D eigenvalue weighted by molar-refractivity contribution is 6.41. The van der Waals surface area contributed by atoms with Gasteiger partial charge in [0.2, 0.25) is 0 Å². The Morgan fingerprint density at radius 1 is 0.647 bits per heavy atom. The van der Waals surface area contributed by atoms with Gasteiger partial charge in [0.15, 0.2) is 0 Å². The number of rotatable bonds is 2. The van der Waals surface area contributed by atoms with E-state index in [1.807, 2.05) is 61.5 Å². The van der Waals surface area contributed by atoms with Gasteiger partial charge < -0.3 is 4.74 Å². The lowest BCUT2D eigenvalue weighted by molar-refractivity contribution is 0.340. The molecule has 6 nitrogen and oxygen atoms in total. The molecule has 0 aliphatic heterocycles. The summed E-state index contributed by atoms with van der Waals surface area (Å²) in [7, 11) is 0. The number of aromatic nitrogens is 5. The predicted molar refractivity (Wildman–Crippen MR) is 137 cm³/mol. The summed E-state index contributed by atoms with van der Waals surface area (Å²) >= 11 is 6.88. The van der Waals surface area contributed by atoms with Crippen molar-refractivity contribution in [3.05, 3.63) is 72.0 Å². The summed E-state index contributed by atoms with van der Waals surface area (Å²) in [6, 6.07) is 17.5. The Morgan fingerprint density at radius 2 is 1.29 bits per heavy atom. The number of halogens is 1. The molecule has 4 heterocycles. The molecule has 0 unspecified atom stereocenters. The van der Waals surface area contributed by atoms with E-state index >= 15 is 0 Å². The van der Waals surface area contributed by atoms with Gasteiger partial charge in [0.1, 0.15) is 16.8 Å². The molecule has 4 aromatic heterocycles. The van der Waals surface area contributed by atoms with E-state index in [0.29, 0.717) is 17.1 Å². The lowest BCUT2D eigenvalue weighted by atomic mass is 10.1. The van der Waals surface area contributed by atoms with Crippen molar-refractivity contribution in [2.24, 2.45) is 0 Å². The van der Waals surface area contributed by atoms with Crippen LogP contribution in [0.1, 0.15) is 6.92 Å². The molecule has 0 atom stereocenters. The van der Waals surface area contributed by atoms with Crippen molar-refractivity contribution in [1.29, 1.82) is 0 Å². The van der Waals surface area contributed by atoms with Gasteiger partial charge in [-0.25, -0.2) is 15.0 Å². The van der Waals surface area contributed by atoms with Gasteiger partial charge in [-0.1, -0.05) is 11.6 Å². The number of nitrogens with zero attached hydrogens (tertiary/aromatic N) is 5. The first-order chi connectivity index (χ1) is 16.7. The van der Waals surface area contributed by atoms with Gasteiger partial charge in [0.05, 0.1) is 44.7 Å². The average Bonchev–Trinajstić information content (AvgIpc) is 2.88. The van der Waals surface area contributed by atoms with E-state index in [1.165, 1.54) is 0 Å². The Balaban J connectivity index is 1.65. The average molecular weight is 462 g/mol. The van der Waals surface area contributed by atoms with Gasteiger partial charge in [-0.2, -0.15) is 0 Å². The van der Waals surface area contributed by atoms with Crippen molar-refractivity contribution in [1.82, 2.24) is 24.9 Å². The molecule has 34 heavy (non-hydrogen) atoms. The lowest BCUT2D eigenvalue weighted by Gasteiger charge is -2.11. The largest absolute Gasteiger partial charge is 0.494 e. The number of hydrogen-bond acceptors (Lipinski definition) is 6. The first-order valence-electron chi connectivity index (χ1n) is 11.0. The van der Waals surface area contributed by atoms with Crippen LogP contribution in [0.3, 0.4) is 0 Å². The number of benzene rings is 3. The molecule has 3 aromatic carbocycles. The SMILES string of the molecule is CCOc1ccc2nc3c(ccc4nc5c6cccnc6c6ncccc6c5nc43)c(Cl)c2c1. The van der Waals surface area contributed by atoms with Gasteiger partial charge in [0.25, 0.3) is 0 Å². The molecule has 7 aromatic rings. The second kappa shape index (κ2) is 7.17. The molecule has 0 aliphatic rings. The van der Waals surface area contributed by atoms with E-state index in [-0.39, 0.29) is 0 Å². The topological polar surface area (TPSA) is 73.7 Å². The molecule has 0 fully saturated rings. The minimum Gasteiger partial charge on any atom is -0.494 e. The minimum atomic E-state index is 0.588. The minimum absolute atomic E-state index is 0.588. The molecule has 0 saturated carbocycles. The highest BCUT2D eigenvalue weighted by atomic mass is 35.5. The Bertz CT molecular complexity index is 1950. The van der Waals surface area contributed by atoms with Crippen LogP contribution in [0.2, 0.25) is 5.02 Å². The number of hydrogen-bond donors (Lipinski definition) is 0. The molecule has 0 saturated heterocycles. The van der Waals surface area contributed by atoms with Crippen molar-refractivity contribution < 1.29 is 4.74 Å². The summed E-state index contributed by atoms with van der Waals surface area (Å²) in [5.74, 6) is 0.768. The number of ether oxygens (including phenoxy) is 1. The van der Waals surface area contributed by atoms with Crippen LogP contribution >= 0.6 is 11.6 Å². The van der Waals surface area contributed by atoms with Crippen LogP contribution in [0.4, 0.5) is 0 Å². The first kappa shape index (κ1) is 19.3. The second-order valence-electron chi connectivity index (χ2n) is 8.09. The fourth-order valence-corrected chi connectivity index (χ4v) is 4.96. The lowest BCUT2D eigenvalue weighted by Crippen LogP contribution is -1.96. The Hall–Kier alpha value is -4.16. The van der Waals surface area contributed by atoms with Crippen LogP contribution in [0, 0.1) is 0 Å². The molecule has 0 radical (unpaired) electrons. The van der Waals surface area contributed by atoms with Crippen LogP contribution in [-0.2, 0) is 0 Å². The number of fused-ring (bicyclic) bond motifs is 10. The molecule has 7 rings (SSSR count). The molecule has 0 N–H and O–H groups in total. The summed E-state index contributed by atoms with van der Waals surface area (Å²) in [6.45, 7) is 2.54. The first-order valence-corrected chi connectivity index (χ1v) is 11.4. The normalized spacial score (nSPS) is 11.9. The third-order valence-corrected chi connectivity index (χ3v) is 6.55. The van der Waals surface area contributed by atoms with Crippen molar-refractivity contribution in [2.45, 2.75) is 6.92 Å².